The highest BCUT2D eigenvalue weighted by atomic mass is 14.7. The average molecular weight is 185 g/mol. The maximum absolute atomic E-state index is 5.38. The Morgan fingerprint density at radius 1 is 1.43 bits per heavy atom. The predicted molar refractivity (Wildman–Crippen MR) is 62.0 cm³/mol. The van der Waals surface area contributed by atoms with Crippen LogP contribution in [0.4, 0.5) is 5.69 Å². The summed E-state index contributed by atoms with van der Waals surface area (Å²) in [5.74, 6) is 2.63. The van der Waals surface area contributed by atoms with Crippen LogP contribution in [-0.4, -0.2) is 5.71 Å². The summed E-state index contributed by atoms with van der Waals surface area (Å²) in [7, 11) is 0. The highest BCUT2D eigenvalue weighted by Crippen LogP contribution is 2.17. The molecule has 0 amide bonds. The van der Waals surface area contributed by atoms with E-state index >= 15 is 0 Å². The zero-order valence-corrected chi connectivity index (χ0v) is 8.75. The molecule has 0 radical (unpaired) electrons. The molecule has 1 heteroatoms. The largest absolute Gasteiger partial charge is 0.244 e. The van der Waals surface area contributed by atoms with Gasteiger partial charge in [-0.05, 0) is 31.4 Å². The van der Waals surface area contributed by atoms with Crippen LogP contribution in [0.15, 0.2) is 29.3 Å². The van der Waals surface area contributed by atoms with Gasteiger partial charge < -0.3 is 0 Å². The number of rotatable bonds is 3. The van der Waals surface area contributed by atoms with Crippen LogP contribution >= 0.6 is 0 Å². The lowest BCUT2D eigenvalue weighted by atomic mass is 10.2. The monoisotopic (exact) mass is 185 g/mol. The topological polar surface area (TPSA) is 12.4 Å². The van der Waals surface area contributed by atoms with E-state index in [1.54, 1.807) is 0 Å². The van der Waals surface area contributed by atoms with Crippen molar-refractivity contribution in [1.82, 2.24) is 0 Å². The molecule has 0 bridgehead atoms. The molecule has 1 aromatic carbocycles. The van der Waals surface area contributed by atoms with Crippen LogP contribution in [0.2, 0.25) is 0 Å². The molecule has 0 N–H and O–H groups in total. The first-order valence-electron chi connectivity index (χ1n) is 4.87. The van der Waals surface area contributed by atoms with Gasteiger partial charge in [-0.3, -0.25) is 0 Å². The van der Waals surface area contributed by atoms with Gasteiger partial charge in [0.15, 0.2) is 0 Å². The van der Waals surface area contributed by atoms with E-state index in [9.17, 15) is 0 Å². The third-order valence-electron chi connectivity index (χ3n) is 2.02. The van der Waals surface area contributed by atoms with Crippen LogP contribution in [0.3, 0.4) is 0 Å². The van der Waals surface area contributed by atoms with E-state index in [4.69, 9.17) is 6.42 Å². The molecule has 0 spiro atoms. The second kappa shape index (κ2) is 5.24. The van der Waals surface area contributed by atoms with Crippen molar-refractivity contribution in [2.24, 2.45) is 4.99 Å². The van der Waals surface area contributed by atoms with Crippen molar-refractivity contribution in [3.63, 3.8) is 0 Å². The molecule has 14 heavy (non-hydrogen) atoms. The van der Waals surface area contributed by atoms with Crippen LogP contribution in [-0.2, 0) is 0 Å². The lowest BCUT2D eigenvalue weighted by molar-refractivity contribution is 0.998. The first-order valence-corrected chi connectivity index (χ1v) is 4.87. The molecule has 0 aliphatic heterocycles. The Kier molecular flexibility index (Phi) is 3.94. The van der Waals surface area contributed by atoms with Crippen LogP contribution in [0.5, 0.6) is 0 Å². The van der Waals surface area contributed by atoms with Gasteiger partial charge in [0.1, 0.15) is 0 Å². The highest BCUT2D eigenvalue weighted by molar-refractivity contribution is 6.01. The molecule has 0 aliphatic rings. The van der Waals surface area contributed by atoms with Gasteiger partial charge >= 0.3 is 0 Å². The predicted octanol–water partition coefficient (Wildman–Crippen LogP) is 3.50. The van der Waals surface area contributed by atoms with Crippen molar-refractivity contribution in [3.8, 4) is 12.3 Å². The summed E-state index contributed by atoms with van der Waals surface area (Å²) in [6.07, 6.45) is 7.29. The van der Waals surface area contributed by atoms with Crippen molar-refractivity contribution >= 4 is 11.4 Å². The van der Waals surface area contributed by atoms with Crippen molar-refractivity contribution in [2.75, 3.05) is 0 Å². The van der Waals surface area contributed by atoms with Crippen molar-refractivity contribution in [2.45, 2.75) is 26.7 Å². The van der Waals surface area contributed by atoms with Gasteiger partial charge in [0.2, 0.25) is 0 Å². The number of para-hydroxylation sites is 1. The zero-order chi connectivity index (χ0) is 10.4. The van der Waals surface area contributed by atoms with E-state index < -0.39 is 0 Å². The molecular formula is C13H15N. The van der Waals surface area contributed by atoms with Crippen molar-refractivity contribution in [1.29, 1.82) is 0 Å². The number of hydrogen-bond donors (Lipinski definition) is 0. The van der Waals surface area contributed by atoms with Gasteiger partial charge in [0.25, 0.3) is 0 Å². The third-order valence-corrected chi connectivity index (χ3v) is 2.02. The highest BCUT2D eigenvalue weighted by Gasteiger charge is 1.96. The molecular weight excluding hydrogens is 170 g/mol. The minimum atomic E-state index is 0.835. The molecule has 0 saturated heterocycles. The number of aliphatic imine (C=N–C) groups is 1. The summed E-state index contributed by atoms with van der Waals surface area (Å²) in [5.41, 5.74) is 2.98. The molecule has 0 aromatic heterocycles. The van der Waals surface area contributed by atoms with Crippen LogP contribution in [0.25, 0.3) is 0 Å². The molecule has 0 heterocycles. The van der Waals surface area contributed by atoms with E-state index in [-0.39, 0.29) is 0 Å². The Hall–Kier alpha value is -1.55. The smallest absolute Gasteiger partial charge is 0.0903 e. The number of hydrogen-bond acceptors (Lipinski definition) is 1. The maximum atomic E-state index is 5.38. The fourth-order valence-electron chi connectivity index (χ4n) is 1.23. The third kappa shape index (κ3) is 2.74. The summed E-state index contributed by atoms with van der Waals surface area (Å²) in [6.45, 7) is 4.14. The number of benzene rings is 1. The van der Waals surface area contributed by atoms with Crippen LogP contribution in [0, 0.1) is 19.3 Å². The standard InChI is InChI=1S/C13H15N/c1-4-8-12(5-2)14-13-10-7-6-9-11(13)3/h2,6-7,9-10H,4,8H2,1,3H3. The molecule has 72 valence electrons. The summed E-state index contributed by atoms with van der Waals surface area (Å²) >= 11 is 0. The SMILES string of the molecule is C#CC(CCC)=Nc1ccccc1C. The molecule has 1 rings (SSSR count). The first-order chi connectivity index (χ1) is 6.77. The van der Waals surface area contributed by atoms with Gasteiger partial charge in [-0.25, -0.2) is 4.99 Å². The van der Waals surface area contributed by atoms with E-state index in [1.807, 2.05) is 31.2 Å². The van der Waals surface area contributed by atoms with Gasteiger partial charge in [-0.2, -0.15) is 0 Å². The second-order valence-electron chi connectivity index (χ2n) is 3.24. The molecule has 0 atom stereocenters. The average Bonchev–Trinajstić information content (AvgIpc) is 2.20. The zero-order valence-electron chi connectivity index (χ0n) is 8.75. The summed E-state index contributed by atoms with van der Waals surface area (Å²) < 4.78 is 0. The quantitative estimate of drug-likeness (QED) is 0.505. The number of nitrogens with zero attached hydrogens (tertiary/aromatic N) is 1. The Morgan fingerprint density at radius 3 is 2.71 bits per heavy atom. The normalized spacial score (nSPS) is 11.1. The Morgan fingerprint density at radius 2 is 2.14 bits per heavy atom. The van der Waals surface area contributed by atoms with E-state index in [0.717, 1.165) is 29.8 Å². The van der Waals surface area contributed by atoms with Crippen LogP contribution in [0.1, 0.15) is 25.3 Å². The van der Waals surface area contributed by atoms with E-state index in [1.165, 1.54) is 0 Å². The molecule has 1 aromatic rings. The number of aryl methyl sites for hydroxylation is 1. The summed E-state index contributed by atoms with van der Waals surface area (Å²) in [5, 5.41) is 0. The summed E-state index contributed by atoms with van der Waals surface area (Å²) in [6, 6.07) is 8.01. The molecule has 0 saturated carbocycles. The Labute approximate surface area is 85.9 Å². The van der Waals surface area contributed by atoms with E-state index in [2.05, 4.69) is 17.8 Å². The second-order valence-corrected chi connectivity index (χ2v) is 3.24. The van der Waals surface area contributed by atoms with Gasteiger partial charge in [-0.15, -0.1) is 6.42 Å². The molecule has 0 aliphatic carbocycles. The maximum Gasteiger partial charge on any atom is 0.0903 e. The minimum Gasteiger partial charge on any atom is -0.244 e. The van der Waals surface area contributed by atoms with E-state index in [0.29, 0.717) is 0 Å². The van der Waals surface area contributed by atoms with Gasteiger partial charge in [-0.1, -0.05) is 31.0 Å². The lowest BCUT2D eigenvalue weighted by Gasteiger charge is -2.00. The number of terminal acetylenes is 1. The Bertz CT molecular complexity index is 369. The first kappa shape index (κ1) is 10.5. The molecule has 1 nitrogen and oxygen atoms in total. The summed E-state index contributed by atoms with van der Waals surface area (Å²) in [4.78, 5) is 4.45. The lowest BCUT2D eigenvalue weighted by Crippen LogP contribution is -1.92. The van der Waals surface area contributed by atoms with Gasteiger partial charge in [0, 0.05) is 0 Å². The van der Waals surface area contributed by atoms with Gasteiger partial charge in [0.05, 0.1) is 11.4 Å². The van der Waals surface area contributed by atoms with Crippen molar-refractivity contribution in [3.05, 3.63) is 29.8 Å². The fourth-order valence-corrected chi connectivity index (χ4v) is 1.23. The van der Waals surface area contributed by atoms with Crippen LogP contribution < -0.4 is 0 Å². The molecule has 0 fully saturated rings. The Balaban J connectivity index is 2.96. The minimum absolute atomic E-state index is 0.835. The molecule has 0 unspecified atom stereocenters. The van der Waals surface area contributed by atoms with Crippen molar-refractivity contribution < 1.29 is 0 Å². The fraction of sp³-hybridized carbons (Fsp3) is 0.308.